The lowest BCUT2D eigenvalue weighted by Crippen LogP contribution is -2.45. The zero-order chi connectivity index (χ0) is 8.85. The van der Waals surface area contributed by atoms with Gasteiger partial charge in [0.2, 0.25) is 0 Å². The van der Waals surface area contributed by atoms with Crippen LogP contribution in [0, 0.1) is 5.92 Å². The molecule has 0 bridgehead atoms. The molecule has 3 N–H and O–H groups in total. The molecule has 0 saturated carbocycles. The van der Waals surface area contributed by atoms with Gasteiger partial charge in [0.1, 0.15) is 6.04 Å². The van der Waals surface area contributed by atoms with Gasteiger partial charge in [-0.3, -0.25) is 10.6 Å². The molecule has 0 spiro atoms. The van der Waals surface area contributed by atoms with E-state index in [1.54, 1.807) is 6.92 Å². The summed E-state index contributed by atoms with van der Waals surface area (Å²) in [6.45, 7) is 5.97. The first-order chi connectivity index (χ1) is 5.13. The van der Waals surface area contributed by atoms with Crippen LogP contribution in [0.1, 0.15) is 20.8 Å². The number of hydrazine groups is 1. The van der Waals surface area contributed by atoms with Gasteiger partial charge in [0.05, 0.1) is 6.61 Å². The molecular weight excluding hydrogens is 180 g/mol. The number of hydrogen-bond acceptors (Lipinski definition) is 4. The van der Waals surface area contributed by atoms with Gasteiger partial charge < -0.3 is 4.74 Å². The maximum atomic E-state index is 11.1. The van der Waals surface area contributed by atoms with E-state index in [1.807, 2.05) is 13.8 Å². The SMILES string of the molecule is CCOC(=O)C(NN)C(C)C.Cl. The highest BCUT2D eigenvalue weighted by molar-refractivity contribution is 5.85. The highest BCUT2D eigenvalue weighted by Crippen LogP contribution is 2.01. The van der Waals surface area contributed by atoms with Gasteiger partial charge in [0, 0.05) is 0 Å². The summed E-state index contributed by atoms with van der Waals surface area (Å²) in [4.78, 5) is 11.1. The molecule has 0 amide bonds. The number of ether oxygens (including phenoxy) is 1. The Labute approximate surface area is 79.2 Å². The lowest BCUT2D eigenvalue weighted by Gasteiger charge is -2.17. The van der Waals surface area contributed by atoms with E-state index in [2.05, 4.69) is 5.43 Å². The summed E-state index contributed by atoms with van der Waals surface area (Å²) >= 11 is 0. The van der Waals surface area contributed by atoms with E-state index in [0.717, 1.165) is 0 Å². The van der Waals surface area contributed by atoms with Crippen LogP contribution in [0.25, 0.3) is 0 Å². The summed E-state index contributed by atoms with van der Waals surface area (Å²) in [5.41, 5.74) is 2.41. The number of nitrogens with one attached hydrogen (secondary N) is 1. The Kier molecular flexibility index (Phi) is 8.69. The molecule has 0 saturated heterocycles. The van der Waals surface area contributed by atoms with Crippen LogP contribution in [0.4, 0.5) is 0 Å². The minimum atomic E-state index is -0.394. The first kappa shape index (κ1) is 14.2. The first-order valence-corrected chi connectivity index (χ1v) is 3.76. The van der Waals surface area contributed by atoms with Crippen LogP contribution in [0.15, 0.2) is 0 Å². The number of nitrogens with two attached hydrogens (primary N) is 1. The molecule has 0 aromatic heterocycles. The van der Waals surface area contributed by atoms with Crippen molar-refractivity contribution in [1.29, 1.82) is 0 Å². The Bertz CT molecular complexity index is 131. The highest BCUT2D eigenvalue weighted by Gasteiger charge is 2.21. The second kappa shape index (κ2) is 7.34. The number of carbonyl (C=O) groups excluding carboxylic acids is 1. The smallest absolute Gasteiger partial charge is 0.324 e. The van der Waals surface area contributed by atoms with Crippen LogP contribution in [0.5, 0.6) is 0 Å². The molecule has 74 valence electrons. The van der Waals surface area contributed by atoms with Crippen molar-refractivity contribution in [2.24, 2.45) is 11.8 Å². The van der Waals surface area contributed by atoms with Crippen LogP contribution >= 0.6 is 12.4 Å². The Morgan fingerprint density at radius 3 is 2.33 bits per heavy atom. The molecule has 0 aromatic carbocycles. The van der Waals surface area contributed by atoms with Crippen LogP contribution < -0.4 is 11.3 Å². The summed E-state index contributed by atoms with van der Waals surface area (Å²) in [6.07, 6.45) is 0. The summed E-state index contributed by atoms with van der Waals surface area (Å²) in [5.74, 6) is 5.02. The Morgan fingerprint density at radius 2 is 2.08 bits per heavy atom. The second-order valence-corrected chi connectivity index (χ2v) is 2.64. The van der Waals surface area contributed by atoms with Crippen molar-refractivity contribution in [2.45, 2.75) is 26.8 Å². The molecule has 4 nitrogen and oxygen atoms in total. The summed E-state index contributed by atoms with van der Waals surface area (Å²) in [5, 5.41) is 0. The van der Waals surface area contributed by atoms with Crippen LogP contribution in [0.3, 0.4) is 0 Å². The number of carbonyl (C=O) groups is 1. The Hall–Kier alpha value is -0.320. The van der Waals surface area contributed by atoms with Crippen LogP contribution in [-0.2, 0) is 9.53 Å². The van der Waals surface area contributed by atoms with Crippen molar-refractivity contribution in [3.63, 3.8) is 0 Å². The topological polar surface area (TPSA) is 64.3 Å². The maximum Gasteiger partial charge on any atom is 0.324 e. The lowest BCUT2D eigenvalue weighted by molar-refractivity contribution is -0.146. The fraction of sp³-hybridized carbons (Fsp3) is 0.857. The molecular formula is C7H17ClN2O2. The molecule has 5 heteroatoms. The number of halogens is 1. The van der Waals surface area contributed by atoms with Gasteiger partial charge in [0.15, 0.2) is 0 Å². The normalized spacial score (nSPS) is 12.1. The molecule has 0 aromatic rings. The zero-order valence-corrected chi connectivity index (χ0v) is 8.48. The largest absolute Gasteiger partial charge is 0.465 e. The van der Waals surface area contributed by atoms with Gasteiger partial charge in [-0.25, -0.2) is 5.43 Å². The minimum absolute atomic E-state index is 0. The molecule has 0 aliphatic rings. The molecule has 0 rings (SSSR count). The van der Waals surface area contributed by atoms with E-state index >= 15 is 0 Å². The average molecular weight is 197 g/mol. The number of rotatable bonds is 4. The minimum Gasteiger partial charge on any atom is -0.465 e. The third-order valence-corrected chi connectivity index (χ3v) is 1.39. The van der Waals surface area contributed by atoms with E-state index in [4.69, 9.17) is 10.6 Å². The predicted octanol–water partition coefficient (Wildman–Crippen LogP) is 0.459. The quantitative estimate of drug-likeness (QED) is 0.390. The van der Waals surface area contributed by atoms with E-state index in [-0.39, 0.29) is 24.3 Å². The lowest BCUT2D eigenvalue weighted by atomic mass is 10.1. The predicted molar refractivity (Wildman–Crippen MR) is 49.8 cm³/mol. The van der Waals surface area contributed by atoms with E-state index in [1.165, 1.54) is 0 Å². The van der Waals surface area contributed by atoms with Crippen molar-refractivity contribution in [1.82, 2.24) is 5.43 Å². The molecule has 0 radical (unpaired) electrons. The zero-order valence-electron chi connectivity index (χ0n) is 7.66. The molecule has 12 heavy (non-hydrogen) atoms. The van der Waals surface area contributed by atoms with Crippen molar-refractivity contribution in [3.05, 3.63) is 0 Å². The van der Waals surface area contributed by atoms with Crippen LogP contribution in [-0.4, -0.2) is 18.6 Å². The van der Waals surface area contributed by atoms with Gasteiger partial charge in [-0.1, -0.05) is 13.8 Å². The van der Waals surface area contributed by atoms with Gasteiger partial charge in [-0.05, 0) is 12.8 Å². The molecule has 1 atom stereocenters. The monoisotopic (exact) mass is 196 g/mol. The van der Waals surface area contributed by atoms with Crippen molar-refractivity contribution in [3.8, 4) is 0 Å². The fourth-order valence-electron chi connectivity index (χ4n) is 0.765. The van der Waals surface area contributed by atoms with Crippen molar-refractivity contribution < 1.29 is 9.53 Å². The average Bonchev–Trinajstić information content (AvgIpc) is 1.88. The Morgan fingerprint density at radius 1 is 1.58 bits per heavy atom. The van der Waals surface area contributed by atoms with Crippen molar-refractivity contribution >= 4 is 18.4 Å². The highest BCUT2D eigenvalue weighted by atomic mass is 35.5. The summed E-state index contributed by atoms with van der Waals surface area (Å²) in [6, 6.07) is -0.394. The van der Waals surface area contributed by atoms with Gasteiger partial charge in [0.25, 0.3) is 0 Å². The van der Waals surface area contributed by atoms with Crippen molar-refractivity contribution in [2.75, 3.05) is 6.61 Å². The van der Waals surface area contributed by atoms with E-state index < -0.39 is 6.04 Å². The fourth-order valence-corrected chi connectivity index (χ4v) is 0.765. The molecule has 0 heterocycles. The second-order valence-electron chi connectivity index (χ2n) is 2.64. The molecule has 0 aliphatic heterocycles. The summed E-state index contributed by atoms with van der Waals surface area (Å²) in [7, 11) is 0. The first-order valence-electron chi connectivity index (χ1n) is 3.76. The number of hydrogen-bond donors (Lipinski definition) is 2. The van der Waals surface area contributed by atoms with Gasteiger partial charge in [-0.2, -0.15) is 0 Å². The maximum absolute atomic E-state index is 11.1. The Balaban J connectivity index is 0. The number of esters is 1. The summed E-state index contributed by atoms with van der Waals surface area (Å²) < 4.78 is 4.77. The van der Waals surface area contributed by atoms with E-state index in [9.17, 15) is 4.79 Å². The third kappa shape index (κ3) is 4.54. The van der Waals surface area contributed by atoms with Crippen LogP contribution in [0.2, 0.25) is 0 Å². The van der Waals surface area contributed by atoms with Gasteiger partial charge >= 0.3 is 5.97 Å². The van der Waals surface area contributed by atoms with Gasteiger partial charge in [-0.15, -0.1) is 12.4 Å². The molecule has 1 unspecified atom stereocenters. The van der Waals surface area contributed by atoms with E-state index in [0.29, 0.717) is 6.61 Å². The standard InChI is InChI=1S/C7H16N2O2.ClH/c1-4-11-7(10)6(9-8)5(2)3;/h5-6,9H,4,8H2,1-3H3;1H. The third-order valence-electron chi connectivity index (χ3n) is 1.39. The molecule has 0 fully saturated rings. The molecule has 0 aliphatic carbocycles.